The fraction of sp³-hybridized carbons (Fsp3) is 0.400. The van der Waals surface area contributed by atoms with Gasteiger partial charge in [-0.15, -0.1) is 0 Å². The van der Waals surface area contributed by atoms with Crippen LogP contribution in [-0.4, -0.2) is 17.1 Å². The molecule has 0 atom stereocenters. The van der Waals surface area contributed by atoms with Crippen LogP contribution in [0.25, 0.3) is 11.3 Å². The summed E-state index contributed by atoms with van der Waals surface area (Å²) in [4.78, 5) is 7.89. The van der Waals surface area contributed by atoms with Gasteiger partial charge in [0.2, 0.25) is 0 Å². The highest BCUT2D eigenvalue weighted by Gasteiger charge is 2.20. The van der Waals surface area contributed by atoms with Crippen LogP contribution in [0.4, 0.5) is 0 Å². The van der Waals surface area contributed by atoms with E-state index in [2.05, 4.69) is 16.0 Å². The molecule has 1 heterocycles. The van der Waals surface area contributed by atoms with E-state index in [0.29, 0.717) is 0 Å². The van der Waals surface area contributed by atoms with Gasteiger partial charge in [-0.1, -0.05) is 0 Å². The quantitative estimate of drug-likeness (QED) is 0.890. The Bertz CT molecular complexity index is 594. The summed E-state index contributed by atoms with van der Waals surface area (Å²) >= 11 is 0. The molecule has 0 unspecified atom stereocenters. The fourth-order valence-corrected chi connectivity index (χ4v) is 2.07. The SMILES string of the molecule is COc1ccc(-c2nc(C(C)(C)N)[nH]c2C)cc1C. The molecule has 0 fully saturated rings. The number of H-pyrrole nitrogens is 1. The molecule has 4 nitrogen and oxygen atoms in total. The number of hydrogen-bond acceptors (Lipinski definition) is 3. The van der Waals surface area contributed by atoms with Crippen LogP contribution in [0.3, 0.4) is 0 Å². The molecule has 2 rings (SSSR count). The van der Waals surface area contributed by atoms with E-state index in [1.807, 2.05) is 39.8 Å². The molecule has 3 N–H and O–H groups in total. The molecule has 0 bridgehead atoms. The second kappa shape index (κ2) is 4.70. The van der Waals surface area contributed by atoms with Crippen molar-refractivity contribution >= 4 is 0 Å². The predicted octanol–water partition coefficient (Wildman–Crippen LogP) is 2.90. The lowest BCUT2D eigenvalue weighted by molar-refractivity contribution is 0.412. The van der Waals surface area contributed by atoms with Gasteiger partial charge in [0.15, 0.2) is 0 Å². The van der Waals surface area contributed by atoms with E-state index >= 15 is 0 Å². The summed E-state index contributed by atoms with van der Waals surface area (Å²) in [5.41, 5.74) is 9.75. The Hall–Kier alpha value is -1.81. The molecule has 102 valence electrons. The molecule has 2 aromatic rings. The highest BCUT2D eigenvalue weighted by atomic mass is 16.5. The molecule has 1 aromatic carbocycles. The largest absolute Gasteiger partial charge is 0.496 e. The van der Waals surface area contributed by atoms with Crippen LogP contribution >= 0.6 is 0 Å². The zero-order valence-electron chi connectivity index (χ0n) is 12.2. The monoisotopic (exact) mass is 259 g/mol. The smallest absolute Gasteiger partial charge is 0.126 e. The Morgan fingerprint density at radius 2 is 1.95 bits per heavy atom. The summed E-state index contributed by atoms with van der Waals surface area (Å²) in [7, 11) is 1.68. The number of imidazole rings is 1. The third kappa shape index (κ3) is 2.63. The summed E-state index contributed by atoms with van der Waals surface area (Å²) in [6.07, 6.45) is 0. The van der Waals surface area contributed by atoms with Crippen molar-refractivity contribution in [3.8, 4) is 17.0 Å². The van der Waals surface area contributed by atoms with Gasteiger partial charge in [0, 0.05) is 11.3 Å². The van der Waals surface area contributed by atoms with Gasteiger partial charge < -0.3 is 15.5 Å². The number of aryl methyl sites for hydroxylation is 2. The van der Waals surface area contributed by atoms with E-state index in [1.54, 1.807) is 7.11 Å². The number of benzene rings is 1. The van der Waals surface area contributed by atoms with Crippen molar-refractivity contribution in [3.63, 3.8) is 0 Å². The zero-order valence-corrected chi connectivity index (χ0v) is 12.2. The first-order valence-electron chi connectivity index (χ1n) is 6.34. The molecule has 0 aliphatic carbocycles. The van der Waals surface area contributed by atoms with Crippen molar-refractivity contribution in [2.75, 3.05) is 7.11 Å². The maximum atomic E-state index is 6.08. The third-order valence-electron chi connectivity index (χ3n) is 3.16. The summed E-state index contributed by atoms with van der Waals surface area (Å²) in [5.74, 6) is 1.68. The van der Waals surface area contributed by atoms with Gasteiger partial charge in [0.25, 0.3) is 0 Å². The second-order valence-corrected chi connectivity index (χ2v) is 5.47. The Kier molecular flexibility index (Phi) is 3.37. The molecule has 4 heteroatoms. The van der Waals surface area contributed by atoms with E-state index in [0.717, 1.165) is 34.1 Å². The molecule has 19 heavy (non-hydrogen) atoms. The van der Waals surface area contributed by atoms with E-state index in [9.17, 15) is 0 Å². The minimum atomic E-state index is -0.468. The first-order valence-corrected chi connectivity index (χ1v) is 6.34. The Balaban J connectivity index is 2.48. The summed E-state index contributed by atoms with van der Waals surface area (Å²) in [5, 5.41) is 0. The average Bonchev–Trinajstić information content (AvgIpc) is 2.71. The lowest BCUT2D eigenvalue weighted by Gasteiger charge is -2.14. The number of nitrogens with two attached hydrogens (primary N) is 1. The Morgan fingerprint density at radius 3 is 2.42 bits per heavy atom. The molecule has 1 aromatic heterocycles. The van der Waals surface area contributed by atoms with Gasteiger partial charge in [-0.3, -0.25) is 0 Å². The van der Waals surface area contributed by atoms with Gasteiger partial charge in [0.05, 0.1) is 18.3 Å². The number of rotatable bonds is 3. The normalized spacial score (nSPS) is 11.7. The standard InChI is InChI=1S/C15H21N3O/c1-9-8-11(6-7-12(9)19-5)13-10(2)17-14(18-13)15(3,4)16/h6-8H,16H2,1-5H3,(H,17,18). The van der Waals surface area contributed by atoms with Crippen LogP contribution in [0.15, 0.2) is 18.2 Å². The number of nitrogens with zero attached hydrogens (tertiary/aromatic N) is 1. The van der Waals surface area contributed by atoms with Gasteiger partial charge in [-0.05, 0) is 51.5 Å². The molecule has 0 radical (unpaired) electrons. The Morgan fingerprint density at radius 1 is 1.26 bits per heavy atom. The van der Waals surface area contributed by atoms with E-state index < -0.39 is 5.54 Å². The molecule has 0 aliphatic heterocycles. The Labute approximate surface area is 114 Å². The first kappa shape index (κ1) is 13.6. The number of hydrogen-bond donors (Lipinski definition) is 2. The topological polar surface area (TPSA) is 63.9 Å². The van der Waals surface area contributed by atoms with Crippen molar-refractivity contribution in [2.45, 2.75) is 33.2 Å². The van der Waals surface area contributed by atoms with E-state index in [4.69, 9.17) is 10.5 Å². The third-order valence-corrected chi connectivity index (χ3v) is 3.16. The highest BCUT2D eigenvalue weighted by Crippen LogP contribution is 2.28. The first-order chi connectivity index (χ1) is 8.82. The number of aromatic amines is 1. The van der Waals surface area contributed by atoms with Crippen LogP contribution in [-0.2, 0) is 5.54 Å². The van der Waals surface area contributed by atoms with Gasteiger partial charge in [-0.2, -0.15) is 0 Å². The van der Waals surface area contributed by atoms with Crippen molar-refractivity contribution < 1.29 is 4.74 Å². The van der Waals surface area contributed by atoms with Gasteiger partial charge in [0.1, 0.15) is 11.6 Å². The fourth-order valence-electron chi connectivity index (χ4n) is 2.07. The molecule has 0 spiro atoms. The van der Waals surface area contributed by atoms with Gasteiger partial charge >= 0.3 is 0 Å². The molecular weight excluding hydrogens is 238 g/mol. The van der Waals surface area contributed by atoms with Crippen molar-refractivity contribution in [2.24, 2.45) is 5.73 Å². The van der Waals surface area contributed by atoms with Crippen molar-refractivity contribution in [3.05, 3.63) is 35.3 Å². The zero-order chi connectivity index (χ0) is 14.2. The van der Waals surface area contributed by atoms with Crippen molar-refractivity contribution in [1.29, 1.82) is 0 Å². The molecule has 0 saturated heterocycles. The number of nitrogens with one attached hydrogen (secondary N) is 1. The molecule has 0 saturated carbocycles. The maximum Gasteiger partial charge on any atom is 0.126 e. The minimum absolute atomic E-state index is 0.468. The highest BCUT2D eigenvalue weighted by molar-refractivity contribution is 5.64. The molecular formula is C15H21N3O. The van der Waals surface area contributed by atoms with Crippen LogP contribution < -0.4 is 10.5 Å². The van der Waals surface area contributed by atoms with E-state index in [1.165, 1.54) is 0 Å². The predicted molar refractivity (Wildman–Crippen MR) is 77.3 cm³/mol. The number of ether oxygens (including phenoxy) is 1. The lowest BCUT2D eigenvalue weighted by Crippen LogP contribution is -2.30. The number of methoxy groups -OCH3 is 1. The minimum Gasteiger partial charge on any atom is -0.496 e. The number of aromatic nitrogens is 2. The average molecular weight is 259 g/mol. The second-order valence-electron chi connectivity index (χ2n) is 5.47. The van der Waals surface area contributed by atoms with E-state index in [-0.39, 0.29) is 0 Å². The maximum absolute atomic E-state index is 6.08. The molecule has 0 aliphatic rings. The van der Waals surface area contributed by atoms with Gasteiger partial charge in [-0.25, -0.2) is 4.98 Å². The summed E-state index contributed by atoms with van der Waals surface area (Å²) in [6, 6.07) is 6.06. The lowest BCUT2D eigenvalue weighted by atomic mass is 10.1. The summed E-state index contributed by atoms with van der Waals surface area (Å²) in [6.45, 7) is 7.91. The van der Waals surface area contributed by atoms with Crippen LogP contribution in [0.5, 0.6) is 5.75 Å². The van der Waals surface area contributed by atoms with Crippen LogP contribution in [0.2, 0.25) is 0 Å². The van der Waals surface area contributed by atoms with Crippen LogP contribution in [0, 0.1) is 13.8 Å². The molecule has 0 amide bonds. The van der Waals surface area contributed by atoms with Crippen molar-refractivity contribution in [1.82, 2.24) is 9.97 Å². The summed E-state index contributed by atoms with van der Waals surface area (Å²) < 4.78 is 5.28. The van der Waals surface area contributed by atoms with Crippen LogP contribution in [0.1, 0.15) is 30.9 Å².